The van der Waals surface area contributed by atoms with Crippen LogP contribution in [0.25, 0.3) is 5.69 Å². The predicted octanol–water partition coefficient (Wildman–Crippen LogP) is 3.94. The zero-order valence-corrected chi connectivity index (χ0v) is 19.2. The van der Waals surface area contributed by atoms with E-state index in [-0.39, 0.29) is 10.8 Å². The van der Waals surface area contributed by atoms with E-state index in [1.165, 1.54) is 11.4 Å². The van der Waals surface area contributed by atoms with Gasteiger partial charge in [-0.3, -0.25) is 9.10 Å². The number of hydrogen-bond acceptors (Lipinski definition) is 4. The highest BCUT2D eigenvalue weighted by molar-refractivity contribution is 7.92. The fourth-order valence-corrected chi connectivity index (χ4v) is 4.50. The maximum atomic E-state index is 12.9. The second-order valence-corrected chi connectivity index (χ2v) is 9.60. The molecular formula is C25H24N4O3S. The molecule has 4 aromatic rings. The summed E-state index contributed by atoms with van der Waals surface area (Å²) in [4.78, 5) is 12.8. The van der Waals surface area contributed by atoms with Crippen LogP contribution < -0.4 is 9.62 Å². The minimum absolute atomic E-state index is 0.219. The Bertz CT molecular complexity index is 1330. The quantitative estimate of drug-likeness (QED) is 0.453. The van der Waals surface area contributed by atoms with E-state index in [0.29, 0.717) is 17.8 Å². The van der Waals surface area contributed by atoms with Crippen molar-refractivity contribution in [3.05, 3.63) is 108 Å². The van der Waals surface area contributed by atoms with Crippen LogP contribution >= 0.6 is 0 Å². The predicted molar refractivity (Wildman–Crippen MR) is 128 cm³/mol. The summed E-state index contributed by atoms with van der Waals surface area (Å²) in [5.41, 5.74) is 3.81. The van der Waals surface area contributed by atoms with Gasteiger partial charge in [0.2, 0.25) is 0 Å². The van der Waals surface area contributed by atoms with Crippen molar-refractivity contribution in [2.24, 2.45) is 0 Å². The maximum Gasteiger partial charge on any atom is 0.264 e. The van der Waals surface area contributed by atoms with Crippen LogP contribution in [0.4, 0.5) is 5.69 Å². The number of carbonyl (C=O) groups excluding carboxylic acids is 1. The summed E-state index contributed by atoms with van der Waals surface area (Å²) in [5, 5.41) is 7.08. The molecule has 0 radical (unpaired) electrons. The average molecular weight is 461 g/mol. The standard InChI is InChI=1S/C25H24N4O3S/c1-19-4-14-24(15-5-19)33(31,32)28(2)22-12-8-21(9-13-22)25(30)26-18-20-6-10-23(11-7-20)29-17-3-16-27-29/h3-17H,18H2,1-2H3,(H,26,30). The summed E-state index contributed by atoms with van der Waals surface area (Å²) in [6.07, 6.45) is 3.58. The van der Waals surface area contributed by atoms with Gasteiger partial charge in [0, 0.05) is 31.5 Å². The van der Waals surface area contributed by atoms with Gasteiger partial charge in [-0.1, -0.05) is 29.8 Å². The molecule has 8 heteroatoms. The molecule has 7 nitrogen and oxygen atoms in total. The minimum Gasteiger partial charge on any atom is -0.348 e. The third-order valence-electron chi connectivity index (χ3n) is 5.33. The third kappa shape index (κ3) is 4.96. The van der Waals surface area contributed by atoms with Crippen LogP contribution in [0.1, 0.15) is 21.5 Å². The topological polar surface area (TPSA) is 84.3 Å². The monoisotopic (exact) mass is 460 g/mol. The number of rotatable bonds is 7. The highest BCUT2D eigenvalue weighted by Gasteiger charge is 2.21. The molecule has 0 spiro atoms. The Labute approximate surface area is 193 Å². The van der Waals surface area contributed by atoms with E-state index < -0.39 is 10.0 Å². The van der Waals surface area contributed by atoms with Crippen molar-refractivity contribution in [3.8, 4) is 5.69 Å². The van der Waals surface area contributed by atoms with E-state index in [0.717, 1.165) is 16.8 Å². The zero-order chi connectivity index (χ0) is 23.4. The first-order valence-electron chi connectivity index (χ1n) is 10.4. The van der Waals surface area contributed by atoms with Crippen molar-refractivity contribution >= 4 is 21.6 Å². The van der Waals surface area contributed by atoms with Gasteiger partial charge in [-0.15, -0.1) is 0 Å². The first-order valence-corrected chi connectivity index (χ1v) is 11.8. The van der Waals surface area contributed by atoms with E-state index in [1.54, 1.807) is 59.4 Å². The molecule has 3 aromatic carbocycles. The number of nitrogens with zero attached hydrogens (tertiary/aromatic N) is 3. The number of anilines is 1. The van der Waals surface area contributed by atoms with Crippen LogP contribution in [0.3, 0.4) is 0 Å². The molecule has 1 amide bonds. The van der Waals surface area contributed by atoms with Gasteiger partial charge in [-0.05, 0) is 67.1 Å². The normalized spacial score (nSPS) is 11.2. The van der Waals surface area contributed by atoms with E-state index in [4.69, 9.17) is 0 Å². The van der Waals surface area contributed by atoms with Crippen molar-refractivity contribution in [1.82, 2.24) is 15.1 Å². The lowest BCUT2D eigenvalue weighted by Crippen LogP contribution is -2.27. The van der Waals surface area contributed by atoms with E-state index in [2.05, 4.69) is 10.4 Å². The van der Waals surface area contributed by atoms with Crippen LogP contribution in [0, 0.1) is 6.92 Å². The molecule has 0 saturated heterocycles. The zero-order valence-electron chi connectivity index (χ0n) is 18.3. The van der Waals surface area contributed by atoms with E-state index in [9.17, 15) is 13.2 Å². The molecule has 1 aromatic heterocycles. The summed E-state index contributed by atoms with van der Waals surface area (Å²) in [7, 11) is -2.18. The first kappa shape index (κ1) is 22.3. The average Bonchev–Trinajstić information content (AvgIpc) is 3.38. The number of aryl methyl sites for hydroxylation is 1. The Morgan fingerprint density at radius 2 is 1.64 bits per heavy atom. The number of sulfonamides is 1. The first-order chi connectivity index (χ1) is 15.8. The second kappa shape index (κ2) is 9.30. The molecule has 1 heterocycles. The van der Waals surface area contributed by atoms with Gasteiger partial charge in [0.25, 0.3) is 15.9 Å². The lowest BCUT2D eigenvalue weighted by atomic mass is 10.1. The van der Waals surface area contributed by atoms with Crippen LogP contribution in [0.15, 0.2) is 96.2 Å². The summed E-state index contributed by atoms with van der Waals surface area (Å²) >= 11 is 0. The summed E-state index contributed by atoms with van der Waals surface area (Å²) in [6.45, 7) is 2.28. The number of nitrogens with one attached hydrogen (secondary N) is 1. The molecule has 0 bridgehead atoms. The molecule has 4 rings (SSSR count). The van der Waals surface area contributed by atoms with Gasteiger partial charge in [-0.2, -0.15) is 5.10 Å². The lowest BCUT2D eigenvalue weighted by molar-refractivity contribution is 0.0951. The Hall–Kier alpha value is -3.91. The number of hydrogen-bond donors (Lipinski definition) is 1. The van der Waals surface area contributed by atoms with Crippen LogP contribution in [0.2, 0.25) is 0 Å². The smallest absolute Gasteiger partial charge is 0.264 e. The van der Waals surface area contributed by atoms with Gasteiger partial charge in [0.1, 0.15) is 0 Å². The van der Waals surface area contributed by atoms with Crippen LogP contribution in [-0.4, -0.2) is 31.2 Å². The van der Waals surface area contributed by atoms with Crippen molar-refractivity contribution in [2.75, 3.05) is 11.4 Å². The van der Waals surface area contributed by atoms with Gasteiger partial charge < -0.3 is 5.32 Å². The molecule has 0 aliphatic rings. The molecule has 1 N–H and O–H groups in total. The Balaban J connectivity index is 1.39. The maximum absolute atomic E-state index is 12.9. The summed E-state index contributed by atoms with van der Waals surface area (Å²) in [5.74, 6) is -0.234. The highest BCUT2D eigenvalue weighted by Crippen LogP contribution is 2.22. The SMILES string of the molecule is Cc1ccc(S(=O)(=O)N(C)c2ccc(C(=O)NCc3ccc(-n4cccn4)cc3)cc2)cc1. The largest absolute Gasteiger partial charge is 0.348 e. The molecule has 0 unspecified atom stereocenters. The number of amides is 1. The van der Waals surface area contributed by atoms with E-state index in [1.807, 2.05) is 43.5 Å². The van der Waals surface area contributed by atoms with Crippen molar-refractivity contribution in [3.63, 3.8) is 0 Å². The lowest BCUT2D eigenvalue weighted by Gasteiger charge is -2.20. The Kier molecular flexibility index (Phi) is 6.28. The molecule has 0 fully saturated rings. The number of carbonyl (C=O) groups is 1. The Morgan fingerprint density at radius 1 is 0.970 bits per heavy atom. The summed E-state index contributed by atoms with van der Waals surface area (Å²) in [6, 6.07) is 22.8. The molecule has 0 atom stereocenters. The van der Waals surface area contributed by atoms with Crippen LogP contribution in [0.5, 0.6) is 0 Å². The molecule has 0 saturated carbocycles. The molecule has 33 heavy (non-hydrogen) atoms. The van der Waals surface area contributed by atoms with Crippen molar-refractivity contribution < 1.29 is 13.2 Å². The van der Waals surface area contributed by atoms with Gasteiger partial charge in [0.05, 0.1) is 16.3 Å². The Morgan fingerprint density at radius 3 is 2.24 bits per heavy atom. The minimum atomic E-state index is -3.68. The van der Waals surface area contributed by atoms with Gasteiger partial charge in [0.15, 0.2) is 0 Å². The van der Waals surface area contributed by atoms with Crippen molar-refractivity contribution in [1.29, 1.82) is 0 Å². The molecule has 0 aliphatic carbocycles. The summed E-state index contributed by atoms with van der Waals surface area (Å²) < 4.78 is 28.7. The second-order valence-electron chi connectivity index (χ2n) is 7.63. The molecule has 0 aliphatic heterocycles. The van der Waals surface area contributed by atoms with Gasteiger partial charge in [-0.25, -0.2) is 13.1 Å². The third-order valence-corrected chi connectivity index (χ3v) is 7.13. The molecular weight excluding hydrogens is 436 g/mol. The number of aromatic nitrogens is 2. The highest BCUT2D eigenvalue weighted by atomic mass is 32.2. The van der Waals surface area contributed by atoms with Crippen molar-refractivity contribution in [2.45, 2.75) is 18.4 Å². The van der Waals surface area contributed by atoms with E-state index >= 15 is 0 Å². The van der Waals surface area contributed by atoms with Gasteiger partial charge >= 0.3 is 0 Å². The number of benzene rings is 3. The molecule has 168 valence electrons. The fraction of sp³-hybridized carbons (Fsp3) is 0.120. The van der Waals surface area contributed by atoms with Crippen LogP contribution in [-0.2, 0) is 16.6 Å². The fourth-order valence-electron chi connectivity index (χ4n) is 3.30.